The Labute approximate surface area is 131 Å². The molecule has 0 aromatic heterocycles. The molecule has 2 nitrogen and oxygen atoms in total. The fourth-order valence-corrected chi connectivity index (χ4v) is 0. The van der Waals surface area contributed by atoms with Gasteiger partial charge in [-0.15, -0.1) is 0 Å². The van der Waals surface area contributed by atoms with Gasteiger partial charge in [0.1, 0.15) is 0 Å². The van der Waals surface area contributed by atoms with Gasteiger partial charge in [0, 0.05) is 83.5 Å². The van der Waals surface area contributed by atoms with Crippen molar-refractivity contribution in [2.24, 2.45) is 0 Å². The van der Waals surface area contributed by atoms with Crippen LogP contribution in [0.15, 0.2) is 0 Å². The van der Waals surface area contributed by atoms with E-state index in [2.05, 4.69) is 0 Å². The van der Waals surface area contributed by atoms with Gasteiger partial charge in [-0.3, -0.25) is 0 Å². The topological polar surface area (TPSA) is 34.1 Å². The Morgan fingerprint density at radius 2 is 0.667 bits per heavy atom. The predicted molar refractivity (Wildman–Crippen MR) is 12.9 cm³/mol. The first-order valence-electron chi connectivity index (χ1n) is 0.408. The molecule has 6 heteroatoms. The Bertz CT molecular complexity index is 11.5. The van der Waals surface area contributed by atoms with Crippen molar-refractivity contribution in [2.75, 3.05) is 0 Å². The summed E-state index contributed by atoms with van der Waals surface area (Å²) in [6, 6.07) is 0. The molecule has 0 aliphatic rings. The molecule has 0 amide bonds. The van der Waals surface area contributed by atoms with Crippen molar-refractivity contribution < 1.29 is 89.6 Å². The molecule has 0 aromatic carbocycles. The summed E-state index contributed by atoms with van der Waals surface area (Å²) in [7, 11) is 0. The summed E-state index contributed by atoms with van der Waals surface area (Å²) in [5.74, 6) is 0. The Hall–Kier alpha value is 3.95. The molecule has 28 valence electrons. The predicted octanol–water partition coefficient (Wildman–Crippen LogP) is -0.999. The molecule has 0 atom stereocenters. The van der Waals surface area contributed by atoms with Gasteiger partial charge in [0.25, 0.3) is 0 Å². The first-order valence-corrected chi connectivity index (χ1v) is 2.74. The summed E-state index contributed by atoms with van der Waals surface area (Å²) in [5, 5.41) is 0. The second-order valence-electron chi connectivity index (χ2n) is 0. The molecule has 0 saturated heterocycles. The minimum absolute atomic E-state index is 0. The van der Waals surface area contributed by atoms with Gasteiger partial charge in [0.2, 0.25) is 0 Å². The second-order valence-corrected chi connectivity index (χ2v) is 0. The normalized spacial score (nSPS) is 1.33. The molecule has 0 aromatic rings. The quantitative estimate of drug-likeness (QED) is 0.364. The maximum atomic E-state index is 8.34. The third kappa shape index (κ3) is 24.6. The molecule has 0 rings (SSSR count). The van der Waals surface area contributed by atoms with Crippen LogP contribution < -0.4 is 0 Å². The van der Waals surface area contributed by atoms with E-state index in [4.69, 9.17) is 6.15 Å². The summed E-state index contributed by atoms with van der Waals surface area (Å²) >= 11 is 0.600. The molecule has 0 heterocycles. The Balaban J connectivity index is -0.00000000500. The van der Waals surface area contributed by atoms with Crippen LogP contribution in [0, 0.1) is 83.5 Å². The van der Waals surface area contributed by atoms with Crippen LogP contribution in [-0.4, -0.2) is 45.0 Å². The van der Waals surface area contributed by atoms with Crippen LogP contribution >= 0.6 is 0 Å². The van der Waals surface area contributed by atoms with Crippen molar-refractivity contribution >= 4 is 45.0 Å². The van der Waals surface area contributed by atoms with Gasteiger partial charge in [-0.1, -0.05) is 0 Å². The zero-order valence-electron chi connectivity index (χ0n) is 2.82. The first-order chi connectivity index (χ1) is 2.00. The standard InChI is InChI=1S/2Ce.2O.2Sn. The maximum absolute atomic E-state index is 8.34. The third-order valence-corrected chi connectivity index (χ3v) is 0. The molecule has 0 bridgehead atoms. The van der Waals surface area contributed by atoms with Crippen LogP contribution in [0.4, 0.5) is 0 Å². The van der Waals surface area contributed by atoms with E-state index in [0.29, 0.717) is 45.0 Å². The molecule has 0 spiro atoms. The van der Waals surface area contributed by atoms with E-state index < -0.39 is 0 Å². The van der Waals surface area contributed by atoms with Crippen molar-refractivity contribution in [2.45, 2.75) is 0 Å². The van der Waals surface area contributed by atoms with E-state index >= 15 is 0 Å². The molecule has 0 aliphatic heterocycles. The summed E-state index contributed by atoms with van der Waals surface area (Å²) in [5.41, 5.74) is 0. The van der Waals surface area contributed by atoms with Crippen LogP contribution in [0.1, 0.15) is 0 Å². The first kappa shape index (κ1) is 22.5. The number of rotatable bonds is 0. The van der Waals surface area contributed by atoms with Crippen LogP contribution in [0.2, 0.25) is 0 Å². The second kappa shape index (κ2) is 36.3. The number of hydrogen-bond donors (Lipinski definition) is 0. The molecule has 0 aliphatic carbocycles. The molecular weight excluding hydrogens is 550 g/mol. The van der Waals surface area contributed by atoms with E-state index in [9.17, 15) is 0 Å². The summed E-state index contributed by atoms with van der Waals surface area (Å²) in [4.78, 5) is 0. The van der Waals surface area contributed by atoms with Gasteiger partial charge in [0.05, 0.1) is 0 Å². The fraction of sp³-hybridized carbons (Fsp3) is 0. The number of hydrogen-bond acceptors (Lipinski definition) is 2. The van der Waals surface area contributed by atoms with Gasteiger partial charge in [-0.2, -0.15) is 0 Å². The average Bonchev–Trinajstić information content (AvgIpc) is 1.50. The van der Waals surface area contributed by atoms with Crippen molar-refractivity contribution in [3.05, 3.63) is 0 Å². The van der Waals surface area contributed by atoms with Gasteiger partial charge in [-0.05, 0) is 0 Å². The SMILES string of the molecule is [Ce].[Ce].[O]=[Sn].[O]=[Sn]. The Morgan fingerprint density at radius 3 is 0.667 bits per heavy atom. The summed E-state index contributed by atoms with van der Waals surface area (Å²) in [6.45, 7) is 0. The van der Waals surface area contributed by atoms with E-state index in [-0.39, 0.29) is 83.5 Å². The van der Waals surface area contributed by atoms with Gasteiger partial charge >= 0.3 is 51.2 Å². The molecular formula is Ce2O2Sn2. The summed E-state index contributed by atoms with van der Waals surface area (Å²) in [6.07, 6.45) is 0. The van der Waals surface area contributed by atoms with Gasteiger partial charge < -0.3 is 0 Å². The Morgan fingerprint density at radius 1 is 0.667 bits per heavy atom. The summed E-state index contributed by atoms with van der Waals surface area (Å²) < 4.78 is 16.7. The van der Waals surface area contributed by atoms with Gasteiger partial charge in [0.15, 0.2) is 0 Å². The molecule has 0 N–H and O–H groups in total. The molecule has 4 radical (unpaired) electrons. The molecule has 0 saturated carbocycles. The zero-order chi connectivity index (χ0) is 4.00. The molecule has 6 heavy (non-hydrogen) atoms. The van der Waals surface area contributed by atoms with E-state index in [1.165, 1.54) is 0 Å². The van der Waals surface area contributed by atoms with Crippen LogP contribution in [0.5, 0.6) is 0 Å². The Kier molecular flexibility index (Phi) is 136. The molecule has 0 unspecified atom stereocenters. The van der Waals surface area contributed by atoms with E-state index in [1.54, 1.807) is 0 Å². The van der Waals surface area contributed by atoms with E-state index in [1.807, 2.05) is 0 Å². The van der Waals surface area contributed by atoms with Crippen molar-refractivity contribution in [1.82, 2.24) is 0 Å². The monoisotopic (exact) mass is 552 g/mol. The van der Waals surface area contributed by atoms with Crippen molar-refractivity contribution in [1.29, 1.82) is 0 Å². The molecule has 0 fully saturated rings. The van der Waals surface area contributed by atoms with E-state index in [0.717, 1.165) is 0 Å². The van der Waals surface area contributed by atoms with Crippen LogP contribution in [0.3, 0.4) is 0 Å². The van der Waals surface area contributed by atoms with Crippen LogP contribution in [0.25, 0.3) is 0 Å². The third-order valence-electron chi connectivity index (χ3n) is 0. The van der Waals surface area contributed by atoms with Crippen molar-refractivity contribution in [3.63, 3.8) is 0 Å². The minimum atomic E-state index is 0. The zero-order valence-corrected chi connectivity index (χ0v) is 14.8. The van der Waals surface area contributed by atoms with Crippen molar-refractivity contribution in [3.8, 4) is 0 Å². The van der Waals surface area contributed by atoms with Crippen LogP contribution in [-0.2, 0) is 6.15 Å². The van der Waals surface area contributed by atoms with Gasteiger partial charge in [-0.25, -0.2) is 0 Å². The average molecular weight is 550 g/mol. The fourth-order valence-electron chi connectivity index (χ4n) is 0.